The lowest BCUT2D eigenvalue weighted by atomic mass is 9.99. The zero-order valence-corrected chi connectivity index (χ0v) is 17.3. The fraction of sp³-hybridized carbons (Fsp3) is 0.421. The second kappa shape index (κ2) is 8.52. The highest BCUT2D eigenvalue weighted by atomic mass is 32.2. The van der Waals surface area contributed by atoms with Crippen LogP contribution in [0.2, 0.25) is 0 Å². The molecular formula is C19H22FN3O6S. The van der Waals surface area contributed by atoms with Crippen LogP contribution in [-0.2, 0) is 21.1 Å². The van der Waals surface area contributed by atoms with Crippen LogP contribution in [0.5, 0.6) is 5.75 Å². The van der Waals surface area contributed by atoms with Gasteiger partial charge in [0.2, 0.25) is 5.75 Å². The lowest BCUT2D eigenvalue weighted by Gasteiger charge is -2.22. The van der Waals surface area contributed by atoms with Gasteiger partial charge in [0, 0.05) is 39.0 Å². The number of sulfone groups is 1. The lowest BCUT2D eigenvalue weighted by Crippen LogP contribution is -2.30. The maximum Gasteiger partial charge on any atom is 0.293 e. The number of aromatic nitrogens is 2. The summed E-state index contributed by atoms with van der Waals surface area (Å²) in [6.45, 7) is 0.802. The lowest BCUT2D eigenvalue weighted by molar-refractivity contribution is 0.0769. The third kappa shape index (κ3) is 4.68. The minimum atomic E-state index is -3.74. The van der Waals surface area contributed by atoms with E-state index in [1.807, 2.05) is 0 Å². The van der Waals surface area contributed by atoms with E-state index in [1.54, 1.807) is 0 Å². The van der Waals surface area contributed by atoms with Gasteiger partial charge in [-0.2, -0.15) is 0 Å². The molecule has 0 aliphatic carbocycles. The number of carbonyl (C=O) groups excluding carboxylic acids is 1. The Bertz CT molecular complexity index is 1130. The highest BCUT2D eigenvalue weighted by Crippen LogP contribution is 2.25. The molecule has 1 aromatic heterocycles. The zero-order valence-electron chi connectivity index (χ0n) is 16.5. The standard InChI is InChI=1S/C19H22FN3O6S/c1-23(10-12-3-4-13(20)9-14(12)30(2,27)28)19(26)15-16(24)18(25)22-17(21-15)11-5-7-29-8-6-11/h3-4,9,11,24H,5-8,10H2,1-2H3,(H,21,22,25). The Morgan fingerprint density at radius 2 is 2.03 bits per heavy atom. The van der Waals surface area contributed by atoms with Gasteiger partial charge in [0.1, 0.15) is 11.6 Å². The molecule has 0 bridgehead atoms. The first-order valence-electron chi connectivity index (χ1n) is 9.22. The Morgan fingerprint density at radius 3 is 2.67 bits per heavy atom. The van der Waals surface area contributed by atoms with Gasteiger partial charge in [-0.15, -0.1) is 0 Å². The highest BCUT2D eigenvalue weighted by Gasteiger charge is 2.26. The summed E-state index contributed by atoms with van der Waals surface area (Å²) >= 11 is 0. The van der Waals surface area contributed by atoms with E-state index in [0.29, 0.717) is 26.1 Å². The quantitative estimate of drug-likeness (QED) is 0.716. The maximum atomic E-state index is 13.5. The summed E-state index contributed by atoms with van der Waals surface area (Å²) < 4.78 is 42.7. The van der Waals surface area contributed by atoms with Crippen molar-refractivity contribution in [3.8, 4) is 5.75 Å². The van der Waals surface area contributed by atoms with E-state index in [-0.39, 0.29) is 28.7 Å². The molecule has 1 fully saturated rings. The average Bonchev–Trinajstić information content (AvgIpc) is 2.70. The molecule has 1 aliphatic rings. The largest absolute Gasteiger partial charge is 0.501 e. The van der Waals surface area contributed by atoms with Gasteiger partial charge in [0.05, 0.1) is 4.90 Å². The molecule has 9 nitrogen and oxygen atoms in total. The molecule has 1 aromatic carbocycles. The summed E-state index contributed by atoms with van der Waals surface area (Å²) in [5.74, 6) is -2.13. The number of H-pyrrole nitrogens is 1. The Hall–Kier alpha value is -2.79. The molecule has 2 N–H and O–H groups in total. The van der Waals surface area contributed by atoms with Crippen molar-refractivity contribution in [2.24, 2.45) is 0 Å². The van der Waals surface area contributed by atoms with Crippen LogP contribution in [0.4, 0.5) is 4.39 Å². The van der Waals surface area contributed by atoms with Crippen molar-refractivity contribution in [1.29, 1.82) is 0 Å². The Balaban J connectivity index is 1.92. The SMILES string of the molecule is CN(Cc1ccc(F)cc1S(C)(=O)=O)C(=O)c1nc(C2CCOCC2)[nH]c(=O)c1O. The number of hydrogen-bond donors (Lipinski definition) is 2. The smallest absolute Gasteiger partial charge is 0.293 e. The maximum absolute atomic E-state index is 13.5. The third-order valence-corrected chi connectivity index (χ3v) is 6.09. The topological polar surface area (TPSA) is 130 Å². The summed E-state index contributed by atoms with van der Waals surface area (Å²) in [5, 5.41) is 10.1. The van der Waals surface area contributed by atoms with E-state index in [0.717, 1.165) is 23.3 Å². The molecule has 2 heterocycles. The summed E-state index contributed by atoms with van der Waals surface area (Å²) in [6, 6.07) is 3.25. The van der Waals surface area contributed by atoms with E-state index in [1.165, 1.54) is 13.1 Å². The number of halogens is 1. The van der Waals surface area contributed by atoms with Gasteiger partial charge in [-0.1, -0.05) is 6.07 Å². The number of benzene rings is 1. The van der Waals surface area contributed by atoms with Crippen LogP contribution in [-0.4, -0.2) is 60.8 Å². The van der Waals surface area contributed by atoms with E-state index >= 15 is 0 Å². The van der Waals surface area contributed by atoms with Gasteiger partial charge in [-0.25, -0.2) is 17.8 Å². The molecule has 30 heavy (non-hydrogen) atoms. The first-order valence-corrected chi connectivity index (χ1v) is 11.1. The van der Waals surface area contributed by atoms with Crippen LogP contribution in [0.25, 0.3) is 0 Å². The normalized spacial score (nSPS) is 15.2. The predicted molar refractivity (Wildman–Crippen MR) is 105 cm³/mol. The highest BCUT2D eigenvalue weighted by molar-refractivity contribution is 7.90. The average molecular weight is 439 g/mol. The third-order valence-electron chi connectivity index (χ3n) is 4.91. The predicted octanol–water partition coefficient (Wildman–Crippen LogP) is 1.18. The summed E-state index contributed by atoms with van der Waals surface area (Å²) in [7, 11) is -2.37. The van der Waals surface area contributed by atoms with Crippen LogP contribution in [0.3, 0.4) is 0 Å². The van der Waals surface area contributed by atoms with E-state index in [4.69, 9.17) is 4.74 Å². The number of aromatic hydroxyl groups is 1. The molecule has 0 atom stereocenters. The molecule has 1 saturated heterocycles. The molecule has 3 rings (SSSR count). The summed E-state index contributed by atoms with van der Waals surface area (Å²) in [5.41, 5.74) is -1.06. The molecular weight excluding hydrogens is 417 g/mol. The molecule has 0 unspecified atom stereocenters. The van der Waals surface area contributed by atoms with E-state index in [2.05, 4.69) is 9.97 Å². The first-order chi connectivity index (χ1) is 14.1. The Morgan fingerprint density at radius 1 is 1.37 bits per heavy atom. The van der Waals surface area contributed by atoms with Crippen LogP contribution >= 0.6 is 0 Å². The number of carbonyl (C=O) groups is 1. The monoisotopic (exact) mass is 439 g/mol. The van der Waals surface area contributed by atoms with Gasteiger partial charge in [0.15, 0.2) is 15.5 Å². The fourth-order valence-electron chi connectivity index (χ4n) is 3.31. The molecule has 1 amide bonds. The van der Waals surface area contributed by atoms with Crippen molar-refractivity contribution in [1.82, 2.24) is 14.9 Å². The van der Waals surface area contributed by atoms with Crippen LogP contribution in [0, 0.1) is 5.82 Å². The molecule has 11 heteroatoms. The van der Waals surface area contributed by atoms with Crippen LogP contribution < -0.4 is 5.56 Å². The van der Waals surface area contributed by atoms with Gasteiger partial charge < -0.3 is 19.7 Å². The van der Waals surface area contributed by atoms with Crippen molar-refractivity contribution in [3.05, 3.63) is 51.5 Å². The Kier molecular flexibility index (Phi) is 6.22. The molecule has 162 valence electrons. The summed E-state index contributed by atoms with van der Waals surface area (Å²) in [6.07, 6.45) is 2.17. The minimum Gasteiger partial charge on any atom is -0.501 e. The van der Waals surface area contributed by atoms with Crippen molar-refractivity contribution >= 4 is 15.7 Å². The number of ether oxygens (including phenoxy) is 1. The number of nitrogens with zero attached hydrogens (tertiary/aromatic N) is 2. The molecule has 1 aliphatic heterocycles. The van der Waals surface area contributed by atoms with Crippen molar-refractivity contribution in [2.75, 3.05) is 26.5 Å². The van der Waals surface area contributed by atoms with Crippen molar-refractivity contribution in [2.45, 2.75) is 30.2 Å². The molecule has 2 aromatic rings. The second-order valence-corrected chi connectivity index (χ2v) is 9.20. The number of aromatic amines is 1. The molecule has 0 radical (unpaired) electrons. The van der Waals surface area contributed by atoms with Crippen LogP contribution in [0.15, 0.2) is 27.9 Å². The Labute approximate surface area is 172 Å². The number of rotatable bonds is 5. The second-order valence-electron chi connectivity index (χ2n) is 7.22. The summed E-state index contributed by atoms with van der Waals surface area (Å²) in [4.78, 5) is 32.6. The minimum absolute atomic E-state index is 0.113. The van der Waals surface area contributed by atoms with Gasteiger partial charge in [0.25, 0.3) is 11.5 Å². The number of amides is 1. The van der Waals surface area contributed by atoms with E-state index < -0.39 is 38.6 Å². The zero-order chi connectivity index (χ0) is 22.1. The first kappa shape index (κ1) is 21.9. The van der Waals surface area contributed by atoms with Crippen molar-refractivity contribution in [3.63, 3.8) is 0 Å². The van der Waals surface area contributed by atoms with Gasteiger partial charge in [-0.3, -0.25) is 9.59 Å². The number of hydrogen-bond acceptors (Lipinski definition) is 7. The van der Waals surface area contributed by atoms with E-state index in [9.17, 15) is 27.5 Å². The molecule has 0 spiro atoms. The van der Waals surface area contributed by atoms with Crippen molar-refractivity contribution < 1.29 is 27.4 Å². The van der Waals surface area contributed by atoms with Gasteiger partial charge in [-0.05, 0) is 30.5 Å². The van der Waals surface area contributed by atoms with Crippen LogP contribution in [0.1, 0.15) is 40.6 Å². The van der Waals surface area contributed by atoms with Gasteiger partial charge >= 0.3 is 0 Å². The fourth-order valence-corrected chi connectivity index (χ4v) is 4.25. The molecule has 0 saturated carbocycles. The number of nitrogens with one attached hydrogen (secondary N) is 1.